The van der Waals surface area contributed by atoms with Gasteiger partial charge in [-0.25, -0.2) is 4.79 Å². The number of benzene rings is 2. The van der Waals surface area contributed by atoms with Crippen molar-refractivity contribution >= 4 is 23.5 Å². The maximum Gasteiger partial charge on any atom is 0.338 e. The van der Waals surface area contributed by atoms with Gasteiger partial charge >= 0.3 is 5.97 Å². The molecule has 6 nitrogen and oxygen atoms in total. The number of carbonyl (C=O) groups is 3. The van der Waals surface area contributed by atoms with Crippen LogP contribution in [0.25, 0.3) is 0 Å². The van der Waals surface area contributed by atoms with E-state index >= 15 is 0 Å². The fourth-order valence-electron chi connectivity index (χ4n) is 3.90. The highest BCUT2D eigenvalue weighted by Gasteiger charge is 2.20. The summed E-state index contributed by atoms with van der Waals surface area (Å²) in [6, 6.07) is 12.9. The number of nitrogens with one attached hydrogen (secondary N) is 1. The van der Waals surface area contributed by atoms with Crippen LogP contribution in [-0.4, -0.2) is 35.8 Å². The number of aryl methyl sites for hydroxylation is 2. The summed E-state index contributed by atoms with van der Waals surface area (Å²) in [6.07, 6.45) is 4.79. The molecule has 1 saturated heterocycles. The molecule has 0 saturated carbocycles. The number of amides is 2. The van der Waals surface area contributed by atoms with Crippen molar-refractivity contribution in [2.45, 2.75) is 38.6 Å². The second-order valence-corrected chi connectivity index (χ2v) is 7.58. The lowest BCUT2D eigenvalue weighted by atomic mass is 10.1. The van der Waals surface area contributed by atoms with Crippen LogP contribution in [0.4, 0.5) is 5.69 Å². The molecule has 0 atom stereocenters. The first-order chi connectivity index (χ1) is 14.1. The lowest BCUT2D eigenvalue weighted by Gasteiger charge is -2.15. The van der Waals surface area contributed by atoms with E-state index in [0.29, 0.717) is 18.5 Å². The molecule has 6 heteroatoms. The number of hydrogen-bond acceptors (Lipinski definition) is 4. The van der Waals surface area contributed by atoms with E-state index in [2.05, 4.69) is 5.32 Å². The Kier molecular flexibility index (Phi) is 5.60. The number of hydrogen-bond donors (Lipinski definition) is 1. The molecule has 1 aliphatic carbocycles. The molecule has 2 aromatic rings. The quantitative estimate of drug-likeness (QED) is 0.767. The van der Waals surface area contributed by atoms with Gasteiger partial charge in [0.1, 0.15) is 0 Å². The summed E-state index contributed by atoms with van der Waals surface area (Å²) >= 11 is 0. The van der Waals surface area contributed by atoms with Crippen molar-refractivity contribution in [3.8, 4) is 0 Å². The lowest BCUT2D eigenvalue weighted by Crippen LogP contribution is -2.23. The number of esters is 1. The zero-order valence-corrected chi connectivity index (χ0v) is 16.3. The Bertz CT molecular complexity index is 936. The molecule has 2 aliphatic rings. The third-order valence-electron chi connectivity index (χ3n) is 5.45. The number of rotatable bonds is 6. The summed E-state index contributed by atoms with van der Waals surface area (Å²) in [5.74, 6) is -0.735. The summed E-state index contributed by atoms with van der Waals surface area (Å²) in [4.78, 5) is 37.8. The Morgan fingerprint density at radius 2 is 1.76 bits per heavy atom. The molecule has 4 rings (SSSR count). The molecule has 150 valence electrons. The van der Waals surface area contributed by atoms with E-state index in [0.717, 1.165) is 43.5 Å². The van der Waals surface area contributed by atoms with Crippen LogP contribution in [0.1, 0.15) is 46.3 Å². The zero-order valence-electron chi connectivity index (χ0n) is 16.3. The zero-order chi connectivity index (χ0) is 20.2. The van der Waals surface area contributed by atoms with E-state index in [1.807, 2.05) is 35.2 Å². The Morgan fingerprint density at radius 3 is 2.52 bits per heavy atom. The van der Waals surface area contributed by atoms with Crippen molar-refractivity contribution in [3.05, 3.63) is 64.7 Å². The summed E-state index contributed by atoms with van der Waals surface area (Å²) in [5, 5.41) is 2.78. The van der Waals surface area contributed by atoms with Gasteiger partial charge in [-0.1, -0.05) is 18.2 Å². The molecular weight excluding hydrogens is 368 g/mol. The van der Waals surface area contributed by atoms with Crippen molar-refractivity contribution in [2.24, 2.45) is 0 Å². The van der Waals surface area contributed by atoms with Gasteiger partial charge in [0.15, 0.2) is 6.61 Å². The molecule has 2 amide bonds. The normalized spacial score (nSPS) is 15.3. The van der Waals surface area contributed by atoms with Crippen LogP contribution in [0.5, 0.6) is 0 Å². The van der Waals surface area contributed by atoms with Gasteiger partial charge in [-0.05, 0) is 66.6 Å². The minimum atomic E-state index is -0.544. The average molecular weight is 392 g/mol. The van der Waals surface area contributed by atoms with Crippen molar-refractivity contribution in [1.29, 1.82) is 0 Å². The van der Waals surface area contributed by atoms with Gasteiger partial charge in [-0.3, -0.25) is 9.59 Å². The highest BCUT2D eigenvalue weighted by atomic mass is 16.5. The van der Waals surface area contributed by atoms with E-state index in [1.165, 1.54) is 11.1 Å². The highest BCUT2D eigenvalue weighted by Crippen LogP contribution is 2.24. The van der Waals surface area contributed by atoms with E-state index in [1.54, 1.807) is 12.1 Å². The number of fused-ring (bicyclic) bond motifs is 1. The minimum absolute atomic E-state index is 0.169. The Labute approximate surface area is 169 Å². The van der Waals surface area contributed by atoms with Crippen LogP contribution >= 0.6 is 0 Å². The summed E-state index contributed by atoms with van der Waals surface area (Å²) in [7, 11) is 0. The molecule has 1 fully saturated rings. The molecule has 1 N–H and O–H groups in total. The largest absolute Gasteiger partial charge is 0.452 e. The second-order valence-electron chi connectivity index (χ2n) is 7.58. The van der Waals surface area contributed by atoms with Crippen molar-refractivity contribution < 1.29 is 19.1 Å². The monoisotopic (exact) mass is 392 g/mol. The maximum atomic E-state index is 12.2. The fraction of sp³-hybridized carbons (Fsp3) is 0.348. The number of anilines is 1. The fourth-order valence-corrected chi connectivity index (χ4v) is 3.90. The molecule has 0 radical (unpaired) electrons. The van der Waals surface area contributed by atoms with Crippen LogP contribution in [-0.2, 0) is 33.7 Å². The molecule has 0 unspecified atom stereocenters. The Hall–Kier alpha value is -3.15. The van der Waals surface area contributed by atoms with Crippen molar-refractivity contribution in [2.75, 3.05) is 18.5 Å². The van der Waals surface area contributed by atoms with Gasteiger partial charge in [-0.15, -0.1) is 0 Å². The first-order valence-corrected chi connectivity index (χ1v) is 10.0. The van der Waals surface area contributed by atoms with Crippen molar-refractivity contribution in [1.82, 2.24) is 4.90 Å². The van der Waals surface area contributed by atoms with Crippen LogP contribution in [0, 0.1) is 0 Å². The van der Waals surface area contributed by atoms with Crippen molar-refractivity contribution in [3.63, 3.8) is 0 Å². The summed E-state index contributed by atoms with van der Waals surface area (Å²) in [5.41, 5.74) is 4.69. The smallest absolute Gasteiger partial charge is 0.338 e. The Morgan fingerprint density at radius 1 is 0.966 bits per heavy atom. The predicted molar refractivity (Wildman–Crippen MR) is 108 cm³/mol. The third kappa shape index (κ3) is 4.65. The van der Waals surface area contributed by atoms with Gasteiger partial charge in [0.2, 0.25) is 5.91 Å². The number of likely N-dealkylation sites (tertiary alicyclic amines) is 1. The predicted octanol–water partition coefficient (Wildman–Crippen LogP) is 3.09. The lowest BCUT2D eigenvalue weighted by molar-refractivity contribution is -0.128. The van der Waals surface area contributed by atoms with Gasteiger partial charge in [0.05, 0.1) is 5.56 Å². The molecule has 1 heterocycles. The van der Waals surface area contributed by atoms with Gasteiger partial charge in [0, 0.05) is 25.2 Å². The summed E-state index contributed by atoms with van der Waals surface area (Å²) in [6.45, 7) is 0.999. The van der Waals surface area contributed by atoms with Crippen LogP contribution in [0.2, 0.25) is 0 Å². The van der Waals surface area contributed by atoms with E-state index in [-0.39, 0.29) is 18.4 Å². The maximum absolute atomic E-state index is 12.2. The first-order valence-electron chi connectivity index (χ1n) is 10.0. The molecule has 0 aromatic heterocycles. The molecule has 0 bridgehead atoms. The van der Waals surface area contributed by atoms with E-state index in [4.69, 9.17) is 4.74 Å². The molecular formula is C23H24N2O4. The second kappa shape index (κ2) is 8.47. The van der Waals surface area contributed by atoms with Gasteiger partial charge in [0.25, 0.3) is 5.91 Å². The average Bonchev–Trinajstić information content (AvgIpc) is 3.35. The van der Waals surface area contributed by atoms with E-state index in [9.17, 15) is 14.4 Å². The first kappa shape index (κ1) is 19.2. The molecule has 2 aromatic carbocycles. The number of carbonyl (C=O) groups excluding carboxylic acids is 3. The molecule has 29 heavy (non-hydrogen) atoms. The topological polar surface area (TPSA) is 75.7 Å². The SMILES string of the molecule is O=C(COC(=O)c1ccc(CN2CCCC2=O)cc1)Nc1ccc2c(c1)CCC2. The number of ether oxygens (including phenoxy) is 1. The van der Waals surface area contributed by atoms with E-state index < -0.39 is 5.97 Å². The van der Waals surface area contributed by atoms with Crippen LogP contribution < -0.4 is 5.32 Å². The third-order valence-corrected chi connectivity index (χ3v) is 5.45. The standard InChI is InChI=1S/C23H24N2O4/c26-21(24-20-11-10-17-3-1-4-19(17)13-20)15-29-23(28)18-8-6-16(7-9-18)14-25-12-2-5-22(25)27/h6-11,13H,1-5,12,14-15H2,(H,24,26). The van der Waals surface area contributed by atoms with Gasteiger partial charge in [-0.2, -0.15) is 0 Å². The van der Waals surface area contributed by atoms with Gasteiger partial charge < -0.3 is 15.0 Å². The van der Waals surface area contributed by atoms with Crippen LogP contribution in [0.15, 0.2) is 42.5 Å². The molecule has 1 aliphatic heterocycles. The molecule has 0 spiro atoms. The highest BCUT2D eigenvalue weighted by molar-refractivity contribution is 5.95. The number of nitrogens with zero attached hydrogens (tertiary/aromatic N) is 1. The van der Waals surface area contributed by atoms with Crippen LogP contribution in [0.3, 0.4) is 0 Å². The minimum Gasteiger partial charge on any atom is -0.452 e. The summed E-state index contributed by atoms with van der Waals surface area (Å²) < 4.78 is 5.13. The Balaban J connectivity index is 1.26.